The molecule has 0 aromatic carbocycles. The van der Waals surface area contributed by atoms with Gasteiger partial charge in [0.2, 0.25) is 12.2 Å². The van der Waals surface area contributed by atoms with Gasteiger partial charge in [-0.1, -0.05) is 6.92 Å². The van der Waals surface area contributed by atoms with Crippen molar-refractivity contribution in [1.29, 1.82) is 0 Å². The van der Waals surface area contributed by atoms with E-state index in [4.69, 9.17) is 0 Å². The molecule has 4 heteroatoms. The van der Waals surface area contributed by atoms with Gasteiger partial charge in [0, 0.05) is 0 Å². The number of hydrogen-bond donors (Lipinski definition) is 0. The molecule has 0 N–H and O–H groups in total. The molecule has 0 aliphatic rings. The van der Waals surface area contributed by atoms with Crippen molar-refractivity contribution in [3.05, 3.63) is 11.9 Å². The fourth-order valence-corrected chi connectivity index (χ4v) is 0.392. The molecule has 0 rings (SSSR count). The van der Waals surface area contributed by atoms with Crippen molar-refractivity contribution in [3.8, 4) is 0 Å². The SMILES string of the molecule is CCC=C(N=C=O)N=C=O. The normalized spacial score (nSPS) is 6.90. The molecular weight excluding hydrogens is 132 g/mol. The summed E-state index contributed by atoms with van der Waals surface area (Å²) < 4.78 is 0. The minimum atomic E-state index is 0.0625. The second-order valence-electron chi connectivity index (χ2n) is 1.38. The van der Waals surface area contributed by atoms with Crippen molar-refractivity contribution in [2.75, 3.05) is 0 Å². The van der Waals surface area contributed by atoms with Crippen molar-refractivity contribution in [2.45, 2.75) is 13.3 Å². The summed E-state index contributed by atoms with van der Waals surface area (Å²) in [6.07, 6.45) is 4.72. The Kier molecular flexibility index (Phi) is 4.79. The lowest BCUT2D eigenvalue weighted by Gasteiger charge is -1.81. The van der Waals surface area contributed by atoms with Crippen molar-refractivity contribution >= 4 is 12.2 Å². The molecule has 0 spiro atoms. The van der Waals surface area contributed by atoms with E-state index >= 15 is 0 Å². The van der Waals surface area contributed by atoms with Crippen LogP contribution in [0.5, 0.6) is 0 Å². The van der Waals surface area contributed by atoms with E-state index in [0.717, 1.165) is 0 Å². The van der Waals surface area contributed by atoms with Crippen LogP contribution < -0.4 is 0 Å². The molecule has 0 aliphatic carbocycles. The van der Waals surface area contributed by atoms with Crippen LogP contribution in [0.4, 0.5) is 0 Å². The van der Waals surface area contributed by atoms with Crippen LogP contribution in [0.3, 0.4) is 0 Å². The third-order valence-electron chi connectivity index (χ3n) is 0.707. The molecule has 0 fully saturated rings. The molecule has 0 saturated heterocycles. The predicted octanol–water partition coefficient (Wildman–Crippen LogP) is 0.909. The first-order chi connectivity index (χ1) is 4.85. The highest BCUT2D eigenvalue weighted by atomic mass is 16.1. The summed E-state index contributed by atoms with van der Waals surface area (Å²) in [4.78, 5) is 25.5. The van der Waals surface area contributed by atoms with E-state index in [-0.39, 0.29) is 5.82 Å². The number of allylic oxidation sites excluding steroid dienone is 1. The molecule has 0 radical (unpaired) electrons. The Labute approximate surface area is 58.0 Å². The Morgan fingerprint density at radius 1 is 1.40 bits per heavy atom. The van der Waals surface area contributed by atoms with E-state index < -0.39 is 0 Å². The van der Waals surface area contributed by atoms with E-state index in [2.05, 4.69) is 9.98 Å². The molecule has 0 unspecified atom stereocenters. The Morgan fingerprint density at radius 2 is 1.90 bits per heavy atom. The smallest absolute Gasteiger partial charge is 0.211 e. The first-order valence-electron chi connectivity index (χ1n) is 2.71. The van der Waals surface area contributed by atoms with Crippen LogP contribution in [0.15, 0.2) is 21.9 Å². The lowest BCUT2D eigenvalue weighted by atomic mass is 10.4. The Hall–Kier alpha value is -1.50. The highest BCUT2D eigenvalue weighted by molar-refractivity contribution is 5.41. The fraction of sp³-hybridized carbons (Fsp3) is 0.333. The van der Waals surface area contributed by atoms with E-state index in [0.29, 0.717) is 6.42 Å². The van der Waals surface area contributed by atoms with Gasteiger partial charge < -0.3 is 0 Å². The van der Waals surface area contributed by atoms with Crippen LogP contribution in [0.1, 0.15) is 13.3 Å². The highest BCUT2D eigenvalue weighted by Gasteiger charge is 1.85. The van der Waals surface area contributed by atoms with Gasteiger partial charge in [0.1, 0.15) is 0 Å². The van der Waals surface area contributed by atoms with Crippen LogP contribution in [-0.4, -0.2) is 12.2 Å². The Bertz CT molecular complexity index is 200. The minimum Gasteiger partial charge on any atom is -0.211 e. The molecule has 52 valence electrons. The van der Waals surface area contributed by atoms with Crippen LogP contribution >= 0.6 is 0 Å². The summed E-state index contributed by atoms with van der Waals surface area (Å²) in [7, 11) is 0. The minimum absolute atomic E-state index is 0.0625. The van der Waals surface area contributed by atoms with E-state index in [9.17, 15) is 9.59 Å². The van der Waals surface area contributed by atoms with Crippen molar-refractivity contribution in [3.63, 3.8) is 0 Å². The van der Waals surface area contributed by atoms with Gasteiger partial charge in [-0.15, -0.1) is 9.98 Å². The quantitative estimate of drug-likeness (QED) is 0.430. The summed E-state index contributed by atoms with van der Waals surface area (Å²) >= 11 is 0. The van der Waals surface area contributed by atoms with E-state index in [1.807, 2.05) is 6.92 Å². The van der Waals surface area contributed by atoms with Crippen LogP contribution in [0.2, 0.25) is 0 Å². The van der Waals surface area contributed by atoms with Gasteiger partial charge in [-0.05, 0) is 12.5 Å². The molecule has 0 bridgehead atoms. The van der Waals surface area contributed by atoms with Crippen molar-refractivity contribution in [2.24, 2.45) is 9.98 Å². The van der Waals surface area contributed by atoms with Gasteiger partial charge in [-0.3, -0.25) is 0 Å². The molecule has 0 aliphatic heterocycles. The second kappa shape index (κ2) is 5.63. The molecule has 0 amide bonds. The zero-order valence-electron chi connectivity index (χ0n) is 5.50. The van der Waals surface area contributed by atoms with Gasteiger partial charge in [0.05, 0.1) is 0 Å². The maximum Gasteiger partial charge on any atom is 0.242 e. The summed E-state index contributed by atoms with van der Waals surface area (Å²) in [5, 5.41) is 0. The third kappa shape index (κ3) is 3.50. The second-order valence-corrected chi connectivity index (χ2v) is 1.38. The summed E-state index contributed by atoms with van der Waals surface area (Å²) in [5.41, 5.74) is 0. The number of carbonyl (C=O) groups excluding carboxylic acids is 2. The number of rotatable bonds is 3. The zero-order valence-corrected chi connectivity index (χ0v) is 5.50. The average Bonchev–Trinajstić information content (AvgIpc) is 1.90. The maximum absolute atomic E-state index is 9.64. The Balaban J connectivity index is 4.40. The fourth-order valence-electron chi connectivity index (χ4n) is 0.392. The lowest BCUT2D eigenvalue weighted by Crippen LogP contribution is -1.70. The van der Waals surface area contributed by atoms with Crippen LogP contribution in [0, 0.1) is 0 Å². The highest BCUT2D eigenvalue weighted by Crippen LogP contribution is 1.96. The molecular formula is C6H6N2O2. The largest absolute Gasteiger partial charge is 0.242 e. The number of nitrogens with zero attached hydrogens (tertiary/aromatic N) is 2. The van der Waals surface area contributed by atoms with Crippen molar-refractivity contribution < 1.29 is 9.59 Å². The summed E-state index contributed by atoms with van der Waals surface area (Å²) in [6, 6.07) is 0. The maximum atomic E-state index is 9.64. The first-order valence-corrected chi connectivity index (χ1v) is 2.71. The molecule has 4 nitrogen and oxygen atoms in total. The summed E-state index contributed by atoms with van der Waals surface area (Å²) in [5.74, 6) is 0.0625. The molecule has 10 heavy (non-hydrogen) atoms. The van der Waals surface area contributed by atoms with Gasteiger partial charge in [-0.25, -0.2) is 9.59 Å². The lowest BCUT2D eigenvalue weighted by molar-refractivity contribution is 0.563. The first kappa shape index (κ1) is 8.50. The number of isocyanates is 2. The van der Waals surface area contributed by atoms with Gasteiger partial charge in [0.25, 0.3) is 0 Å². The topological polar surface area (TPSA) is 58.9 Å². The van der Waals surface area contributed by atoms with E-state index in [1.54, 1.807) is 0 Å². The van der Waals surface area contributed by atoms with E-state index in [1.165, 1.54) is 18.2 Å². The summed E-state index contributed by atoms with van der Waals surface area (Å²) in [6.45, 7) is 1.83. The van der Waals surface area contributed by atoms with Gasteiger partial charge in [-0.2, -0.15) is 0 Å². The van der Waals surface area contributed by atoms with Crippen LogP contribution in [0.25, 0.3) is 0 Å². The number of hydrogen-bond acceptors (Lipinski definition) is 4. The molecule has 0 saturated carbocycles. The monoisotopic (exact) mass is 138 g/mol. The zero-order chi connectivity index (χ0) is 7.82. The average molecular weight is 138 g/mol. The predicted molar refractivity (Wildman–Crippen MR) is 34.6 cm³/mol. The number of aliphatic imine (C=N–C) groups is 2. The molecule has 0 aromatic heterocycles. The molecule has 0 aromatic rings. The Morgan fingerprint density at radius 3 is 2.20 bits per heavy atom. The molecule has 0 atom stereocenters. The van der Waals surface area contributed by atoms with Gasteiger partial charge in [0.15, 0.2) is 5.82 Å². The van der Waals surface area contributed by atoms with Gasteiger partial charge >= 0.3 is 0 Å². The third-order valence-corrected chi connectivity index (χ3v) is 0.707. The molecule has 0 heterocycles. The van der Waals surface area contributed by atoms with Crippen molar-refractivity contribution in [1.82, 2.24) is 0 Å². The standard InChI is InChI=1S/C6H6N2O2/c1-2-3-6(7-4-9)8-5-10/h3H,2H2,1H3. The van der Waals surface area contributed by atoms with Crippen LogP contribution in [-0.2, 0) is 9.59 Å².